The first kappa shape index (κ1) is 18.0. The van der Waals surface area contributed by atoms with Gasteiger partial charge in [0.05, 0.1) is 0 Å². The van der Waals surface area contributed by atoms with Crippen molar-refractivity contribution in [3.8, 4) is 0 Å². The van der Waals surface area contributed by atoms with Gasteiger partial charge in [0.25, 0.3) is 5.91 Å². The van der Waals surface area contributed by atoms with Crippen LogP contribution in [0, 0.1) is 12.5 Å². The van der Waals surface area contributed by atoms with Gasteiger partial charge >= 0.3 is 0 Å². The summed E-state index contributed by atoms with van der Waals surface area (Å²) in [6.45, 7) is 3.94. The van der Waals surface area contributed by atoms with Gasteiger partial charge in [-0.2, -0.15) is 6.92 Å². The predicted octanol–water partition coefficient (Wildman–Crippen LogP) is 2.99. The van der Waals surface area contributed by atoms with Crippen molar-refractivity contribution in [1.82, 2.24) is 9.88 Å². The van der Waals surface area contributed by atoms with Crippen LogP contribution in [0.5, 0.6) is 0 Å². The van der Waals surface area contributed by atoms with Crippen molar-refractivity contribution in [3.05, 3.63) is 73.0 Å². The van der Waals surface area contributed by atoms with Crippen molar-refractivity contribution in [1.29, 1.82) is 0 Å². The second-order valence-electron chi connectivity index (χ2n) is 4.55. The number of rotatable bonds is 4. The van der Waals surface area contributed by atoms with Crippen LogP contribution in [0.1, 0.15) is 24.3 Å². The molecule has 2 rings (SSSR count). The smallest absolute Gasteiger partial charge is 0.269 e. The number of hydrogen-bond donors (Lipinski definition) is 0. The van der Waals surface area contributed by atoms with Crippen molar-refractivity contribution in [3.63, 3.8) is 0 Å². The summed E-state index contributed by atoms with van der Waals surface area (Å²) in [7, 11) is 0. The van der Waals surface area contributed by atoms with Gasteiger partial charge in [-0.05, 0) is 18.2 Å². The standard InChI is InChI=1S/C17H18N2O.Y/c1-3-14(2)19(15-10-6-4-5-7-11-15)17(20)16-12-8-9-13-18-16;/h3-10,12-15H,1-2H3;/q-2;/t14-,15+;/m1./s1. The minimum Gasteiger partial charge on any atom is -0.371 e. The van der Waals surface area contributed by atoms with E-state index in [-0.39, 0.29) is 50.7 Å². The van der Waals surface area contributed by atoms with Crippen LogP contribution in [0.15, 0.2) is 54.8 Å². The Labute approximate surface area is 151 Å². The van der Waals surface area contributed by atoms with Crippen molar-refractivity contribution < 1.29 is 37.5 Å². The molecule has 0 saturated carbocycles. The minimum atomic E-state index is -0.189. The molecule has 1 heterocycles. The molecule has 0 unspecified atom stereocenters. The van der Waals surface area contributed by atoms with Gasteiger partial charge in [0.15, 0.2) is 0 Å². The largest absolute Gasteiger partial charge is 0.371 e. The molecule has 0 bridgehead atoms. The van der Waals surface area contributed by atoms with Crippen molar-refractivity contribution in [2.24, 2.45) is 0 Å². The van der Waals surface area contributed by atoms with E-state index < -0.39 is 0 Å². The fourth-order valence-corrected chi connectivity index (χ4v) is 2.02. The van der Waals surface area contributed by atoms with E-state index in [1.165, 1.54) is 0 Å². The molecule has 107 valence electrons. The van der Waals surface area contributed by atoms with E-state index in [1.54, 1.807) is 23.2 Å². The Bertz CT molecular complexity index is 521. The molecule has 1 amide bonds. The third-order valence-electron chi connectivity index (χ3n) is 3.22. The Morgan fingerprint density at radius 1 is 1.38 bits per heavy atom. The second-order valence-corrected chi connectivity index (χ2v) is 4.55. The fourth-order valence-electron chi connectivity index (χ4n) is 2.02. The summed E-state index contributed by atoms with van der Waals surface area (Å²) >= 11 is 0. The Morgan fingerprint density at radius 2 is 2.19 bits per heavy atom. The van der Waals surface area contributed by atoms with Crippen LogP contribution < -0.4 is 0 Å². The van der Waals surface area contributed by atoms with Crippen LogP contribution in [0.3, 0.4) is 0 Å². The predicted molar refractivity (Wildman–Crippen MR) is 79.7 cm³/mol. The van der Waals surface area contributed by atoms with Crippen molar-refractivity contribution in [2.75, 3.05) is 0 Å². The maximum Gasteiger partial charge on any atom is 0.269 e. The molecular weight excluding hydrogens is 337 g/mol. The number of allylic oxidation sites excluding steroid dienone is 4. The van der Waals surface area contributed by atoms with Crippen LogP contribution in [-0.4, -0.2) is 27.9 Å². The van der Waals surface area contributed by atoms with Gasteiger partial charge in [-0.25, -0.2) is 18.2 Å². The summed E-state index contributed by atoms with van der Waals surface area (Å²) in [5, 5.41) is 0. The van der Waals surface area contributed by atoms with E-state index in [1.807, 2.05) is 56.7 Å². The second kappa shape index (κ2) is 9.06. The molecule has 0 aliphatic heterocycles. The molecule has 0 aromatic carbocycles. The molecule has 1 aromatic heterocycles. The van der Waals surface area contributed by atoms with E-state index in [0.717, 1.165) is 0 Å². The first-order valence-electron chi connectivity index (χ1n) is 6.70. The quantitative estimate of drug-likeness (QED) is 0.778. The first-order valence-corrected chi connectivity index (χ1v) is 6.70. The van der Waals surface area contributed by atoms with E-state index in [9.17, 15) is 4.79 Å². The number of carbonyl (C=O) groups excluding carboxylic acids is 1. The summed E-state index contributed by atoms with van der Waals surface area (Å²) in [6, 6.07) is 5.17. The fraction of sp³-hybridized carbons (Fsp3) is 0.235. The van der Waals surface area contributed by atoms with Crippen LogP contribution >= 0.6 is 0 Å². The topological polar surface area (TPSA) is 33.2 Å². The minimum absolute atomic E-state index is 0. The average molecular weight is 355 g/mol. The number of amides is 1. The summed E-state index contributed by atoms with van der Waals surface area (Å²) in [6.07, 6.45) is 16.4. The maximum absolute atomic E-state index is 12.7. The van der Waals surface area contributed by atoms with Gasteiger partial charge in [0.2, 0.25) is 0 Å². The molecule has 1 aliphatic carbocycles. The molecule has 0 saturated heterocycles. The third kappa shape index (κ3) is 4.72. The number of nitrogens with zero attached hydrogens (tertiary/aromatic N) is 2. The van der Waals surface area contributed by atoms with Gasteiger partial charge < -0.3 is 11.3 Å². The molecule has 1 radical (unpaired) electrons. The molecule has 0 spiro atoms. The van der Waals surface area contributed by atoms with Gasteiger partial charge in [0, 0.05) is 38.9 Å². The van der Waals surface area contributed by atoms with Crippen LogP contribution in [0.2, 0.25) is 0 Å². The number of aromatic nitrogens is 1. The SMILES string of the molecule is C[CH-][C@@H](C)N(C(=O)c1ccccn1)[C@@H]1[C-]=CC=CC=C1.[Y]. The summed E-state index contributed by atoms with van der Waals surface area (Å²) in [5.41, 5.74) is 0.452. The number of pyridine rings is 1. The molecule has 3 nitrogen and oxygen atoms in total. The van der Waals surface area contributed by atoms with Crippen LogP contribution in [0.25, 0.3) is 0 Å². The van der Waals surface area contributed by atoms with E-state index >= 15 is 0 Å². The number of hydrogen-bond acceptors (Lipinski definition) is 2. The van der Waals surface area contributed by atoms with E-state index in [0.29, 0.717) is 5.69 Å². The zero-order valence-corrected chi connectivity index (χ0v) is 15.1. The van der Waals surface area contributed by atoms with Crippen molar-refractivity contribution in [2.45, 2.75) is 25.9 Å². The molecule has 0 fully saturated rings. The van der Waals surface area contributed by atoms with Crippen LogP contribution in [0.4, 0.5) is 0 Å². The monoisotopic (exact) mass is 355 g/mol. The first-order chi connectivity index (χ1) is 9.74. The maximum atomic E-state index is 12.7. The molecular formula is C17H18N2OY-2. The van der Waals surface area contributed by atoms with Crippen molar-refractivity contribution >= 4 is 5.91 Å². The Kier molecular flexibility index (Phi) is 7.77. The Hall–Kier alpha value is -1.06. The van der Waals surface area contributed by atoms with E-state index in [4.69, 9.17) is 0 Å². The van der Waals surface area contributed by atoms with Crippen LogP contribution in [-0.2, 0) is 32.7 Å². The Morgan fingerprint density at radius 3 is 2.86 bits per heavy atom. The molecule has 2 atom stereocenters. The molecule has 4 heteroatoms. The van der Waals surface area contributed by atoms with Gasteiger partial charge in [-0.1, -0.05) is 31.2 Å². The van der Waals surface area contributed by atoms with Gasteiger partial charge in [-0.15, -0.1) is 6.08 Å². The molecule has 1 aromatic rings. The average Bonchev–Trinajstić information content (AvgIpc) is 2.77. The van der Waals surface area contributed by atoms with E-state index in [2.05, 4.69) is 11.1 Å². The Balaban J connectivity index is 0.00000220. The summed E-state index contributed by atoms with van der Waals surface area (Å²) < 4.78 is 0. The normalized spacial score (nSPS) is 17.7. The molecule has 0 N–H and O–H groups in total. The zero-order valence-electron chi connectivity index (χ0n) is 12.3. The number of carbonyl (C=O) groups is 1. The van der Waals surface area contributed by atoms with Gasteiger partial charge in [-0.3, -0.25) is 9.78 Å². The van der Waals surface area contributed by atoms with Gasteiger partial charge in [0.1, 0.15) is 5.69 Å². The molecule has 21 heavy (non-hydrogen) atoms. The zero-order chi connectivity index (χ0) is 14.4. The third-order valence-corrected chi connectivity index (χ3v) is 3.22. The summed E-state index contributed by atoms with van der Waals surface area (Å²) in [5.74, 6) is -0.0892. The summed E-state index contributed by atoms with van der Waals surface area (Å²) in [4.78, 5) is 18.6. The molecule has 1 aliphatic rings.